The fourth-order valence-electron chi connectivity index (χ4n) is 2.63. The van der Waals surface area contributed by atoms with Crippen LogP contribution in [0.1, 0.15) is 16.1 Å². The molecular formula is C16H20N4O4. The lowest BCUT2D eigenvalue weighted by Gasteiger charge is -2.33. The topological polar surface area (TPSA) is 89.6 Å². The highest BCUT2D eigenvalue weighted by Gasteiger charge is 2.26. The van der Waals surface area contributed by atoms with E-state index in [4.69, 9.17) is 9.15 Å². The molecule has 1 aliphatic rings. The highest BCUT2D eigenvalue weighted by Crippen LogP contribution is 2.15. The molecule has 3 rings (SSSR count). The first-order valence-corrected chi connectivity index (χ1v) is 7.76. The number of aryl methyl sites for hydroxylation is 2. The summed E-state index contributed by atoms with van der Waals surface area (Å²) in [6, 6.07) is 1.68. The van der Waals surface area contributed by atoms with Gasteiger partial charge in [0, 0.05) is 39.1 Å². The molecule has 2 aromatic rings. The number of carbonyl (C=O) groups excluding carboxylic acids is 1. The number of amides is 1. The summed E-state index contributed by atoms with van der Waals surface area (Å²) in [5.41, 5.74) is 0.373. The van der Waals surface area contributed by atoms with Crippen molar-refractivity contribution < 1.29 is 13.9 Å². The Hall–Kier alpha value is -2.61. The van der Waals surface area contributed by atoms with Crippen LogP contribution in [0.4, 0.5) is 5.82 Å². The second-order valence-corrected chi connectivity index (χ2v) is 5.71. The molecule has 2 aromatic heterocycles. The molecule has 0 aliphatic carbocycles. The summed E-state index contributed by atoms with van der Waals surface area (Å²) < 4.78 is 12.3. The number of nitrogens with one attached hydrogen (secondary N) is 1. The molecule has 1 aliphatic heterocycles. The predicted molar refractivity (Wildman–Crippen MR) is 87.1 cm³/mol. The van der Waals surface area contributed by atoms with Crippen molar-refractivity contribution in [1.29, 1.82) is 0 Å². The van der Waals surface area contributed by atoms with Crippen molar-refractivity contribution in [2.24, 2.45) is 7.05 Å². The van der Waals surface area contributed by atoms with Gasteiger partial charge < -0.3 is 23.9 Å². The second-order valence-electron chi connectivity index (χ2n) is 5.71. The molecule has 1 atom stereocenters. The Morgan fingerprint density at radius 2 is 2.33 bits per heavy atom. The van der Waals surface area contributed by atoms with Crippen LogP contribution in [0.15, 0.2) is 33.9 Å². The van der Waals surface area contributed by atoms with Gasteiger partial charge in [0.25, 0.3) is 11.5 Å². The summed E-state index contributed by atoms with van der Waals surface area (Å²) in [6.45, 7) is 3.61. The number of aromatic nitrogens is 2. The van der Waals surface area contributed by atoms with Gasteiger partial charge in [-0.15, -0.1) is 0 Å². The third kappa shape index (κ3) is 3.33. The molecule has 0 bridgehead atoms. The SMILES string of the molecule is Cc1occc1C(=O)N1CCOC(CNc2nccn(C)c2=O)C1. The number of carbonyl (C=O) groups is 1. The maximum Gasteiger partial charge on any atom is 0.293 e. The Balaban J connectivity index is 1.62. The van der Waals surface area contributed by atoms with Crippen molar-refractivity contribution in [2.75, 3.05) is 31.6 Å². The zero-order chi connectivity index (χ0) is 17.1. The van der Waals surface area contributed by atoms with Gasteiger partial charge in [-0.05, 0) is 13.0 Å². The molecular weight excluding hydrogens is 312 g/mol. The van der Waals surface area contributed by atoms with Gasteiger partial charge in [-0.1, -0.05) is 0 Å². The van der Waals surface area contributed by atoms with E-state index in [0.29, 0.717) is 37.6 Å². The molecule has 24 heavy (non-hydrogen) atoms. The van der Waals surface area contributed by atoms with Crippen LogP contribution >= 0.6 is 0 Å². The largest absolute Gasteiger partial charge is 0.469 e. The van der Waals surface area contributed by atoms with Crippen molar-refractivity contribution in [3.05, 3.63) is 46.4 Å². The fraction of sp³-hybridized carbons (Fsp3) is 0.438. The zero-order valence-electron chi connectivity index (χ0n) is 13.7. The van der Waals surface area contributed by atoms with Crippen LogP contribution in [0.3, 0.4) is 0 Å². The maximum atomic E-state index is 12.5. The van der Waals surface area contributed by atoms with Crippen LogP contribution in [-0.4, -0.2) is 52.7 Å². The molecule has 1 amide bonds. The van der Waals surface area contributed by atoms with Crippen LogP contribution < -0.4 is 10.9 Å². The van der Waals surface area contributed by atoms with Crippen LogP contribution in [0, 0.1) is 6.92 Å². The molecule has 1 N–H and O–H groups in total. The third-order valence-corrected chi connectivity index (χ3v) is 4.03. The van der Waals surface area contributed by atoms with E-state index in [-0.39, 0.29) is 23.4 Å². The molecule has 0 aromatic carbocycles. The lowest BCUT2D eigenvalue weighted by atomic mass is 10.2. The van der Waals surface area contributed by atoms with E-state index in [2.05, 4.69) is 10.3 Å². The van der Waals surface area contributed by atoms with Crippen LogP contribution in [-0.2, 0) is 11.8 Å². The molecule has 1 saturated heterocycles. The molecule has 0 spiro atoms. The number of anilines is 1. The van der Waals surface area contributed by atoms with E-state index in [1.165, 1.54) is 10.8 Å². The van der Waals surface area contributed by atoms with Gasteiger partial charge >= 0.3 is 0 Å². The summed E-state index contributed by atoms with van der Waals surface area (Å²) in [6.07, 6.45) is 4.46. The lowest BCUT2D eigenvalue weighted by Crippen LogP contribution is -2.48. The number of morpholine rings is 1. The smallest absolute Gasteiger partial charge is 0.293 e. The average molecular weight is 332 g/mol. The molecule has 0 radical (unpaired) electrons. The summed E-state index contributed by atoms with van der Waals surface area (Å²) in [5, 5.41) is 3.00. The minimum Gasteiger partial charge on any atom is -0.469 e. The van der Waals surface area contributed by atoms with Gasteiger partial charge in [0.15, 0.2) is 5.82 Å². The number of nitrogens with zero attached hydrogens (tertiary/aromatic N) is 3. The maximum absolute atomic E-state index is 12.5. The first-order valence-electron chi connectivity index (χ1n) is 7.76. The first-order chi connectivity index (χ1) is 11.6. The summed E-state index contributed by atoms with van der Waals surface area (Å²) in [5.74, 6) is 0.819. The second kappa shape index (κ2) is 6.88. The Labute approximate surface area is 139 Å². The van der Waals surface area contributed by atoms with Gasteiger partial charge in [-0.3, -0.25) is 9.59 Å². The Morgan fingerprint density at radius 1 is 1.50 bits per heavy atom. The van der Waals surface area contributed by atoms with Crippen molar-refractivity contribution in [2.45, 2.75) is 13.0 Å². The summed E-state index contributed by atoms with van der Waals surface area (Å²) in [4.78, 5) is 30.2. The fourth-order valence-corrected chi connectivity index (χ4v) is 2.63. The molecule has 0 saturated carbocycles. The van der Waals surface area contributed by atoms with E-state index >= 15 is 0 Å². The van der Waals surface area contributed by atoms with Gasteiger partial charge in [0.1, 0.15) is 5.76 Å². The standard InChI is InChI=1S/C16H20N4O4/c1-11-13(3-7-23-11)15(21)20-6-8-24-12(10-20)9-18-14-16(22)19(2)5-4-17-14/h3-5,7,12H,6,8-10H2,1-2H3,(H,17,18). The molecule has 1 fully saturated rings. The van der Waals surface area contributed by atoms with Gasteiger partial charge in [0.2, 0.25) is 0 Å². The number of ether oxygens (including phenoxy) is 1. The monoisotopic (exact) mass is 332 g/mol. The summed E-state index contributed by atoms with van der Waals surface area (Å²) >= 11 is 0. The molecule has 8 heteroatoms. The van der Waals surface area contributed by atoms with Gasteiger partial charge in [-0.2, -0.15) is 0 Å². The first kappa shape index (κ1) is 16.3. The molecule has 1 unspecified atom stereocenters. The average Bonchev–Trinajstić information content (AvgIpc) is 3.02. The van der Waals surface area contributed by atoms with Crippen molar-refractivity contribution in [3.63, 3.8) is 0 Å². The normalized spacial score (nSPS) is 17.8. The van der Waals surface area contributed by atoms with Gasteiger partial charge in [-0.25, -0.2) is 4.98 Å². The van der Waals surface area contributed by atoms with Crippen LogP contribution in [0.5, 0.6) is 0 Å². The van der Waals surface area contributed by atoms with E-state index in [0.717, 1.165) is 0 Å². The number of hydrogen-bond donors (Lipinski definition) is 1. The van der Waals surface area contributed by atoms with E-state index in [1.807, 2.05) is 0 Å². The number of furan rings is 1. The van der Waals surface area contributed by atoms with Crippen molar-refractivity contribution in [3.8, 4) is 0 Å². The Kier molecular flexibility index (Phi) is 4.66. The van der Waals surface area contributed by atoms with E-state index < -0.39 is 0 Å². The third-order valence-electron chi connectivity index (χ3n) is 4.03. The van der Waals surface area contributed by atoms with Gasteiger partial charge in [0.05, 0.1) is 24.5 Å². The van der Waals surface area contributed by atoms with Crippen molar-refractivity contribution >= 4 is 11.7 Å². The summed E-state index contributed by atoms with van der Waals surface area (Å²) in [7, 11) is 1.67. The van der Waals surface area contributed by atoms with E-state index in [9.17, 15) is 9.59 Å². The van der Waals surface area contributed by atoms with Crippen LogP contribution in [0.25, 0.3) is 0 Å². The number of rotatable bonds is 4. The highest BCUT2D eigenvalue weighted by atomic mass is 16.5. The van der Waals surface area contributed by atoms with Crippen LogP contribution in [0.2, 0.25) is 0 Å². The Morgan fingerprint density at radius 3 is 3.08 bits per heavy atom. The lowest BCUT2D eigenvalue weighted by molar-refractivity contribution is -0.0150. The number of hydrogen-bond acceptors (Lipinski definition) is 6. The molecule has 3 heterocycles. The highest BCUT2D eigenvalue weighted by molar-refractivity contribution is 5.95. The zero-order valence-corrected chi connectivity index (χ0v) is 13.7. The molecule has 128 valence electrons. The Bertz CT molecular complexity index is 782. The predicted octanol–water partition coefficient (Wildman–Crippen LogP) is 0.635. The quantitative estimate of drug-likeness (QED) is 0.883. The van der Waals surface area contributed by atoms with E-state index in [1.54, 1.807) is 37.3 Å². The minimum absolute atomic E-state index is 0.0664. The minimum atomic E-state index is -0.207. The van der Waals surface area contributed by atoms with Crippen molar-refractivity contribution in [1.82, 2.24) is 14.5 Å². The molecule has 8 nitrogen and oxygen atoms in total.